The number of fused-ring (bicyclic) bond motifs is 1. The molecule has 26 heavy (non-hydrogen) atoms. The Morgan fingerprint density at radius 2 is 1.85 bits per heavy atom. The summed E-state index contributed by atoms with van der Waals surface area (Å²) in [5, 5.41) is 17.4. The Hall–Kier alpha value is -3.61. The van der Waals surface area contributed by atoms with Crippen LogP contribution in [0, 0.1) is 0 Å². The molecule has 0 aliphatic rings. The third-order valence-corrected chi connectivity index (χ3v) is 3.79. The number of hydrogen-bond donors (Lipinski definition) is 4. The molecule has 0 saturated carbocycles. The van der Waals surface area contributed by atoms with Crippen molar-refractivity contribution in [1.82, 2.24) is 20.2 Å². The van der Waals surface area contributed by atoms with E-state index in [4.69, 9.17) is 5.73 Å². The molecular formula is C19H19N5O2. The number of primary amides is 1. The van der Waals surface area contributed by atoms with Crippen LogP contribution in [0.1, 0.15) is 24.2 Å². The van der Waals surface area contributed by atoms with Crippen LogP contribution in [0.2, 0.25) is 0 Å². The Balaban J connectivity index is 0.000000948. The van der Waals surface area contributed by atoms with Gasteiger partial charge in [0.05, 0.1) is 11.0 Å². The minimum absolute atomic E-state index is 0.00961. The molecule has 2 heterocycles. The lowest BCUT2D eigenvalue weighted by Gasteiger charge is -1.97. The van der Waals surface area contributed by atoms with Gasteiger partial charge < -0.3 is 15.8 Å². The van der Waals surface area contributed by atoms with Crippen molar-refractivity contribution in [3.63, 3.8) is 0 Å². The van der Waals surface area contributed by atoms with Gasteiger partial charge in [0, 0.05) is 11.1 Å². The zero-order valence-electron chi connectivity index (χ0n) is 14.4. The number of carbonyl (C=O) groups excluding carboxylic acids is 1. The Bertz CT molecular complexity index is 1050. The molecule has 0 aliphatic carbocycles. The SMILES string of the molecule is CC.NC(=O)c1ccc2nc(-c3[nH]nc(-c4ccccc4)c3O)[nH]c2c1. The van der Waals surface area contributed by atoms with E-state index >= 15 is 0 Å². The van der Waals surface area contributed by atoms with E-state index < -0.39 is 5.91 Å². The second-order valence-corrected chi connectivity index (χ2v) is 5.34. The lowest BCUT2D eigenvalue weighted by Crippen LogP contribution is -2.10. The van der Waals surface area contributed by atoms with Gasteiger partial charge in [0.2, 0.25) is 5.91 Å². The first-order chi connectivity index (χ1) is 12.6. The lowest BCUT2D eigenvalue weighted by molar-refractivity contribution is 0.100. The predicted octanol–water partition coefficient (Wildman–Crippen LogP) is 3.45. The fourth-order valence-corrected chi connectivity index (χ4v) is 2.58. The van der Waals surface area contributed by atoms with Gasteiger partial charge in [0.15, 0.2) is 11.6 Å². The van der Waals surface area contributed by atoms with Gasteiger partial charge in [-0.15, -0.1) is 0 Å². The number of aromatic nitrogens is 4. The highest BCUT2D eigenvalue weighted by Crippen LogP contribution is 2.35. The van der Waals surface area contributed by atoms with Gasteiger partial charge in [0.25, 0.3) is 0 Å². The number of H-pyrrole nitrogens is 2. The maximum Gasteiger partial charge on any atom is 0.248 e. The number of nitrogens with one attached hydrogen (secondary N) is 2. The number of hydrogen-bond acceptors (Lipinski definition) is 4. The largest absolute Gasteiger partial charge is 0.504 e. The third-order valence-electron chi connectivity index (χ3n) is 3.79. The molecular weight excluding hydrogens is 330 g/mol. The molecule has 0 atom stereocenters. The summed E-state index contributed by atoms with van der Waals surface area (Å²) in [6, 6.07) is 14.3. The van der Waals surface area contributed by atoms with Crippen LogP contribution in [-0.2, 0) is 0 Å². The molecule has 132 valence electrons. The van der Waals surface area contributed by atoms with Crippen LogP contribution in [0.4, 0.5) is 0 Å². The van der Waals surface area contributed by atoms with Crippen molar-refractivity contribution in [3.05, 3.63) is 54.1 Å². The number of carbonyl (C=O) groups is 1. The van der Waals surface area contributed by atoms with Crippen LogP contribution in [0.5, 0.6) is 5.75 Å². The molecule has 0 bridgehead atoms. The van der Waals surface area contributed by atoms with E-state index in [1.165, 1.54) is 0 Å². The Kier molecular flexibility index (Phi) is 4.70. The minimum atomic E-state index is -0.510. The summed E-state index contributed by atoms with van der Waals surface area (Å²) < 4.78 is 0. The van der Waals surface area contributed by atoms with Gasteiger partial charge in [-0.2, -0.15) is 5.10 Å². The first-order valence-corrected chi connectivity index (χ1v) is 8.26. The second kappa shape index (κ2) is 7.10. The van der Waals surface area contributed by atoms with E-state index in [-0.39, 0.29) is 5.75 Å². The third kappa shape index (κ3) is 3.02. The lowest BCUT2D eigenvalue weighted by atomic mass is 10.1. The summed E-state index contributed by atoms with van der Waals surface area (Å²) in [5.74, 6) is -0.0713. The fourth-order valence-electron chi connectivity index (χ4n) is 2.58. The van der Waals surface area contributed by atoms with E-state index in [2.05, 4.69) is 20.2 Å². The number of rotatable bonds is 3. The number of aromatic hydroxyl groups is 1. The number of aromatic amines is 2. The molecule has 0 radical (unpaired) electrons. The van der Waals surface area contributed by atoms with Crippen molar-refractivity contribution in [3.8, 4) is 28.5 Å². The number of amides is 1. The van der Waals surface area contributed by atoms with Crippen LogP contribution in [-0.4, -0.2) is 31.2 Å². The zero-order chi connectivity index (χ0) is 18.7. The van der Waals surface area contributed by atoms with Gasteiger partial charge in [-0.3, -0.25) is 9.89 Å². The monoisotopic (exact) mass is 349 g/mol. The summed E-state index contributed by atoms with van der Waals surface area (Å²) in [6.45, 7) is 4.00. The summed E-state index contributed by atoms with van der Waals surface area (Å²) in [4.78, 5) is 18.7. The molecule has 0 saturated heterocycles. The summed E-state index contributed by atoms with van der Waals surface area (Å²) in [6.07, 6.45) is 0. The molecule has 7 nitrogen and oxygen atoms in total. The van der Waals surface area contributed by atoms with Crippen LogP contribution in [0.15, 0.2) is 48.5 Å². The summed E-state index contributed by atoms with van der Waals surface area (Å²) >= 11 is 0. The molecule has 7 heteroatoms. The van der Waals surface area contributed by atoms with Crippen LogP contribution < -0.4 is 5.73 Å². The zero-order valence-corrected chi connectivity index (χ0v) is 14.4. The number of nitrogens with zero attached hydrogens (tertiary/aromatic N) is 2. The minimum Gasteiger partial charge on any atom is -0.504 e. The highest BCUT2D eigenvalue weighted by molar-refractivity contribution is 5.96. The van der Waals surface area contributed by atoms with Crippen LogP contribution in [0.3, 0.4) is 0 Å². The summed E-state index contributed by atoms with van der Waals surface area (Å²) in [5.41, 5.74) is 8.60. The standard InChI is InChI=1S/C17H13N5O2.C2H6/c18-16(24)10-6-7-11-12(8-10)20-17(19-11)14-15(23)13(21-22-14)9-4-2-1-3-5-9;1-2/h1-8,23H,(H2,18,24)(H,19,20)(H,21,22);1-2H3. The van der Waals surface area contributed by atoms with Gasteiger partial charge in [-0.25, -0.2) is 4.98 Å². The van der Waals surface area contributed by atoms with E-state index in [1.807, 2.05) is 44.2 Å². The van der Waals surface area contributed by atoms with Crippen LogP contribution in [0.25, 0.3) is 33.8 Å². The molecule has 0 fully saturated rings. The molecule has 2 aromatic carbocycles. The Morgan fingerprint density at radius 3 is 2.54 bits per heavy atom. The average Bonchev–Trinajstić information content (AvgIpc) is 3.26. The predicted molar refractivity (Wildman–Crippen MR) is 101 cm³/mol. The van der Waals surface area contributed by atoms with Crippen molar-refractivity contribution in [1.29, 1.82) is 0 Å². The molecule has 5 N–H and O–H groups in total. The maximum absolute atomic E-state index is 11.3. The quantitative estimate of drug-likeness (QED) is 0.452. The topological polar surface area (TPSA) is 121 Å². The highest BCUT2D eigenvalue weighted by Gasteiger charge is 2.18. The van der Waals surface area contributed by atoms with E-state index in [0.717, 1.165) is 5.56 Å². The molecule has 0 unspecified atom stereocenters. The van der Waals surface area contributed by atoms with Crippen molar-refractivity contribution in [2.24, 2.45) is 5.73 Å². The highest BCUT2D eigenvalue weighted by atomic mass is 16.3. The number of nitrogens with two attached hydrogens (primary N) is 1. The van der Waals surface area contributed by atoms with Crippen molar-refractivity contribution >= 4 is 16.9 Å². The van der Waals surface area contributed by atoms with Crippen LogP contribution >= 0.6 is 0 Å². The van der Waals surface area contributed by atoms with E-state index in [9.17, 15) is 9.90 Å². The van der Waals surface area contributed by atoms with Gasteiger partial charge >= 0.3 is 0 Å². The van der Waals surface area contributed by atoms with Gasteiger partial charge in [-0.1, -0.05) is 44.2 Å². The maximum atomic E-state index is 11.3. The number of benzene rings is 2. The van der Waals surface area contributed by atoms with Gasteiger partial charge in [0.1, 0.15) is 11.4 Å². The normalized spacial score (nSPS) is 10.4. The first kappa shape index (κ1) is 17.2. The summed E-state index contributed by atoms with van der Waals surface area (Å²) in [7, 11) is 0. The molecule has 0 aliphatic heterocycles. The molecule has 2 aromatic heterocycles. The molecule has 4 aromatic rings. The number of imidazole rings is 1. The smallest absolute Gasteiger partial charge is 0.248 e. The Morgan fingerprint density at radius 1 is 1.12 bits per heavy atom. The Labute approximate surface area is 149 Å². The van der Waals surface area contributed by atoms with Gasteiger partial charge in [-0.05, 0) is 18.2 Å². The molecule has 1 amide bonds. The van der Waals surface area contributed by atoms with Crippen molar-refractivity contribution in [2.75, 3.05) is 0 Å². The average molecular weight is 349 g/mol. The van der Waals surface area contributed by atoms with Crippen molar-refractivity contribution < 1.29 is 9.90 Å². The van der Waals surface area contributed by atoms with E-state index in [0.29, 0.717) is 33.8 Å². The van der Waals surface area contributed by atoms with Crippen molar-refractivity contribution in [2.45, 2.75) is 13.8 Å². The fraction of sp³-hybridized carbons (Fsp3) is 0.105. The molecule has 0 spiro atoms. The van der Waals surface area contributed by atoms with E-state index in [1.54, 1.807) is 18.2 Å². The first-order valence-electron chi connectivity index (χ1n) is 8.26. The second-order valence-electron chi connectivity index (χ2n) is 5.34. The molecule has 4 rings (SSSR count).